The summed E-state index contributed by atoms with van der Waals surface area (Å²) < 4.78 is 0. The average molecular weight is 272 g/mol. The van der Waals surface area contributed by atoms with Gasteiger partial charge in [0.15, 0.2) is 0 Å². The molecule has 0 atom stereocenters. The minimum absolute atomic E-state index is 0.958. The van der Waals surface area contributed by atoms with E-state index in [1.807, 2.05) is 18.3 Å². The Morgan fingerprint density at radius 1 is 0.667 bits per heavy atom. The third-order valence-corrected chi connectivity index (χ3v) is 3.60. The van der Waals surface area contributed by atoms with Crippen molar-refractivity contribution < 1.29 is 0 Å². The molecule has 0 aliphatic rings. The third kappa shape index (κ3) is 3.57. The lowest BCUT2D eigenvalue weighted by atomic mass is 9.87. The normalized spacial score (nSPS) is 10.7. The van der Waals surface area contributed by atoms with Gasteiger partial charge >= 0.3 is 0 Å². The first kappa shape index (κ1) is 13.6. The van der Waals surface area contributed by atoms with E-state index >= 15 is 0 Å². The van der Waals surface area contributed by atoms with Crippen molar-refractivity contribution in [1.82, 2.24) is 4.98 Å². The Morgan fingerprint density at radius 2 is 1.24 bits per heavy atom. The molecule has 103 valence electrons. The molecule has 0 amide bonds. The Hall–Kier alpha value is -2.41. The summed E-state index contributed by atoms with van der Waals surface area (Å²) in [6.07, 6.45) is 3.81. The van der Waals surface area contributed by atoms with Crippen LogP contribution in [0.4, 0.5) is 0 Å². The van der Waals surface area contributed by atoms with Crippen molar-refractivity contribution >= 4 is 0 Å². The van der Waals surface area contributed by atoms with Crippen LogP contribution >= 0.6 is 0 Å². The summed E-state index contributed by atoms with van der Waals surface area (Å²) in [5.74, 6) is 1.38. The van der Waals surface area contributed by atoms with Gasteiger partial charge in [0.1, 0.15) is 0 Å². The van der Waals surface area contributed by atoms with Gasteiger partial charge in [0.2, 0.25) is 0 Å². The fourth-order valence-corrected chi connectivity index (χ4v) is 2.53. The zero-order valence-electron chi connectivity index (χ0n) is 11.9. The van der Waals surface area contributed by atoms with Gasteiger partial charge in [-0.2, -0.15) is 0 Å². The summed E-state index contributed by atoms with van der Waals surface area (Å²) in [4.78, 5) is 4.42. The predicted octanol–water partition coefficient (Wildman–Crippen LogP) is 4.69. The second-order valence-electron chi connectivity index (χ2n) is 5.03. The molecule has 1 heterocycles. The lowest BCUT2D eigenvalue weighted by Gasteiger charge is -2.17. The summed E-state index contributed by atoms with van der Waals surface area (Å²) in [6, 6.07) is 27.3. The Kier molecular flexibility index (Phi) is 4.42. The van der Waals surface area contributed by atoms with Gasteiger partial charge in [0.25, 0.3) is 0 Å². The Bertz CT molecular complexity index is 608. The van der Waals surface area contributed by atoms with Crippen LogP contribution in [0, 0.1) is 5.92 Å². The van der Waals surface area contributed by atoms with Crippen molar-refractivity contribution in [1.29, 1.82) is 0 Å². The van der Waals surface area contributed by atoms with Gasteiger partial charge < -0.3 is 0 Å². The topological polar surface area (TPSA) is 12.9 Å². The standard InChI is InChI=1S/C20H18N/c1-3-9-17(10-4-1)20(18-11-5-2-6-12-18)15-14-19-13-7-8-16-21-19/h1-13,16H,14-15H2. The second-order valence-corrected chi connectivity index (χ2v) is 5.03. The fraction of sp³-hybridized carbons (Fsp3) is 0.100. The van der Waals surface area contributed by atoms with Crippen LogP contribution < -0.4 is 0 Å². The molecule has 0 aliphatic heterocycles. The van der Waals surface area contributed by atoms with Gasteiger partial charge in [0.05, 0.1) is 0 Å². The van der Waals surface area contributed by atoms with E-state index in [9.17, 15) is 0 Å². The fourth-order valence-electron chi connectivity index (χ4n) is 2.53. The molecular weight excluding hydrogens is 254 g/mol. The highest BCUT2D eigenvalue weighted by Gasteiger charge is 2.14. The lowest BCUT2D eigenvalue weighted by molar-refractivity contribution is 0.849. The smallest absolute Gasteiger partial charge is 0.0404 e. The Morgan fingerprint density at radius 3 is 1.76 bits per heavy atom. The van der Waals surface area contributed by atoms with Crippen molar-refractivity contribution in [2.24, 2.45) is 0 Å². The molecule has 0 saturated heterocycles. The molecule has 3 aromatic rings. The zero-order chi connectivity index (χ0) is 14.3. The van der Waals surface area contributed by atoms with E-state index in [4.69, 9.17) is 0 Å². The largest absolute Gasteiger partial charge is 0.261 e. The van der Waals surface area contributed by atoms with Crippen LogP contribution in [0.2, 0.25) is 0 Å². The number of hydrogen-bond donors (Lipinski definition) is 0. The molecule has 1 nitrogen and oxygen atoms in total. The van der Waals surface area contributed by atoms with Gasteiger partial charge in [-0.25, -0.2) is 0 Å². The van der Waals surface area contributed by atoms with Crippen molar-refractivity contribution in [2.45, 2.75) is 12.8 Å². The second kappa shape index (κ2) is 6.85. The monoisotopic (exact) mass is 272 g/mol. The van der Waals surface area contributed by atoms with E-state index in [-0.39, 0.29) is 0 Å². The van der Waals surface area contributed by atoms with Crippen molar-refractivity contribution in [3.8, 4) is 0 Å². The van der Waals surface area contributed by atoms with Crippen LogP contribution in [0.3, 0.4) is 0 Å². The van der Waals surface area contributed by atoms with Gasteiger partial charge in [-0.15, -0.1) is 0 Å². The van der Waals surface area contributed by atoms with E-state index < -0.39 is 0 Å². The number of benzene rings is 2. The molecule has 0 spiro atoms. The number of hydrogen-bond acceptors (Lipinski definition) is 1. The molecule has 1 heteroatoms. The minimum atomic E-state index is 0.958. The number of nitrogens with zero attached hydrogens (tertiary/aromatic N) is 1. The van der Waals surface area contributed by atoms with E-state index in [1.165, 1.54) is 17.0 Å². The lowest BCUT2D eigenvalue weighted by Crippen LogP contribution is -2.04. The van der Waals surface area contributed by atoms with Gasteiger partial charge in [0, 0.05) is 17.8 Å². The van der Waals surface area contributed by atoms with E-state index in [0.717, 1.165) is 18.5 Å². The number of rotatable bonds is 5. The highest BCUT2D eigenvalue weighted by molar-refractivity contribution is 5.45. The van der Waals surface area contributed by atoms with E-state index in [2.05, 4.69) is 71.7 Å². The zero-order valence-corrected chi connectivity index (χ0v) is 11.9. The maximum absolute atomic E-state index is 4.42. The molecule has 0 saturated carbocycles. The molecule has 1 radical (unpaired) electrons. The molecule has 0 unspecified atom stereocenters. The molecule has 0 fully saturated rings. The highest BCUT2D eigenvalue weighted by Crippen LogP contribution is 2.27. The van der Waals surface area contributed by atoms with Crippen LogP contribution in [0.15, 0.2) is 85.1 Å². The van der Waals surface area contributed by atoms with Gasteiger partial charge in [-0.1, -0.05) is 66.7 Å². The average Bonchev–Trinajstić information content (AvgIpc) is 2.58. The Balaban J connectivity index is 1.83. The molecule has 3 rings (SSSR count). The molecular formula is C20H18N. The SMILES string of the molecule is c1ccc([C](CCc2ccccn2)c2ccccc2)cc1. The maximum Gasteiger partial charge on any atom is 0.0404 e. The Labute approximate surface area is 126 Å². The summed E-state index contributed by atoms with van der Waals surface area (Å²) in [5, 5.41) is 0. The first-order chi connectivity index (χ1) is 10.4. The van der Waals surface area contributed by atoms with Crippen LogP contribution in [0.1, 0.15) is 23.2 Å². The molecule has 21 heavy (non-hydrogen) atoms. The summed E-state index contributed by atoms with van der Waals surface area (Å²) in [7, 11) is 0. The first-order valence-corrected chi connectivity index (χ1v) is 7.30. The van der Waals surface area contributed by atoms with Crippen molar-refractivity contribution in [3.63, 3.8) is 0 Å². The molecule has 0 aliphatic carbocycles. The number of aromatic nitrogens is 1. The summed E-state index contributed by atoms with van der Waals surface area (Å²) in [6.45, 7) is 0. The highest BCUT2D eigenvalue weighted by atomic mass is 14.7. The predicted molar refractivity (Wildman–Crippen MR) is 86.9 cm³/mol. The molecule has 0 bridgehead atoms. The quantitative estimate of drug-likeness (QED) is 0.657. The maximum atomic E-state index is 4.42. The molecule has 0 N–H and O–H groups in total. The van der Waals surface area contributed by atoms with Crippen molar-refractivity contribution in [2.75, 3.05) is 0 Å². The number of pyridine rings is 1. The summed E-state index contributed by atoms with van der Waals surface area (Å²) in [5.41, 5.74) is 3.72. The minimum Gasteiger partial charge on any atom is -0.261 e. The summed E-state index contributed by atoms with van der Waals surface area (Å²) >= 11 is 0. The first-order valence-electron chi connectivity index (χ1n) is 7.30. The van der Waals surface area contributed by atoms with E-state index in [1.54, 1.807) is 0 Å². The third-order valence-electron chi connectivity index (χ3n) is 3.60. The van der Waals surface area contributed by atoms with Crippen molar-refractivity contribution in [3.05, 3.63) is 108 Å². The van der Waals surface area contributed by atoms with Crippen LogP contribution in [-0.4, -0.2) is 4.98 Å². The molecule has 2 aromatic carbocycles. The van der Waals surface area contributed by atoms with Crippen LogP contribution in [0.5, 0.6) is 0 Å². The van der Waals surface area contributed by atoms with Crippen LogP contribution in [-0.2, 0) is 6.42 Å². The number of aryl methyl sites for hydroxylation is 1. The van der Waals surface area contributed by atoms with Gasteiger partial charge in [-0.05, 0) is 36.1 Å². The van der Waals surface area contributed by atoms with Gasteiger partial charge in [-0.3, -0.25) is 4.98 Å². The van der Waals surface area contributed by atoms with E-state index in [0.29, 0.717) is 0 Å². The molecule has 1 aromatic heterocycles. The van der Waals surface area contributed by atoms with Crippen LogP contribution in [0.25, 0.3) is 0 Å².